The molecule has 11 N–H and O–H groups in total. The Bertz CT molecular complexity index is 5200. The smallest absolute Gasteiger partial charge is 0.481 e. The molecular formula is C71H70ClF3N18O5S. The fraction of sp³-hybridized carbons (Fsp3) is 0.324. The van der Waals surface area contributed by atoms with Crippen molar-refractivity contribution in [3.05, 3.63) is 154 Å². The minimum atomic E-state index is -4.83. The van der Waals surface area contributed by atoms with Crippen LogP contribution >= 0.6 is 22.9 Å². The number of aromatic amines is 3. The number of carboxylic acids is 1. The summed E-state index contributed by atoms with van der Waals surface area (Å²) in [6.07, 6.45) is 14.6. The van der Waals surface area contributed by atoms with Crippen LogP contribution < -0.4 is 27.3 Å². The topological polar surface area (TPSA) is 325 Å². The number of piperidine rings is 1. The van der Waals surface area contributed by atoms with Crippen LogP contribution in [0.4, 0.5) is 30.6 Å². The lowest BCUT2D eigenvalue weighted by atomic mass is 9.81. The molecule has 99 heavy (non-hydrogen) atoms. The number of carbonyl (C=O) groups is 3. The van der Waals surface area contributed by atoms with E-state index in [0.717, 1.165) is 120 Å². The van der Waals surface area contributed by atoms with Crippen molar-refractivity contribution in [3.63, 3.8) is 0 Å². The van der Waals surface area contributed by atoms with E-state index in [0.29, 0.717) is 88.2 Å². The molecule has 11 heterocycles. The maximum atomic E-state index is 12.8. The summed E-state index contributed by atoms with van der Waals surface area (Å²) in [6.45, 7) is 3.77. The number of anilines is 3. The maximum Gasteiger partial charge on any atom is 0.573 e. The van der Waals surface area contributed by atoms with Crippen molar-refractivity contribution >= 4 is 107 Å². The number of imidazole rings is 3. The standard InChI is InChI=1S/C27H26N6OS.C23H25ClN6O.C21H19F3N6O3/c28-25-24-23(21-14-18-2-1-3-20(16-4-5-16)22(18)30-21)31-26(33(24)12-9-29-25)17-6-10-32(11-7-17)27(34)19-8-13-35-15-19;1-13(31)27-12-14-5-7-15(8-6-14)23-29-20(21-22(25)26-9-10-30(21)23)18-11-16-3-2-4-17(24)19(16)28-18;22-21(23,24)33-14-3-1-2-12-8-13(28-15(12)14)16-17-18(25)26-9-27-30(17)19(29-16)10-4-6-11(7-5-10)20(31)32/h1-3,8-9,12-17,30H,4-7,10-11H2,(H2,28,29);2-4,9-11,14-15,28H,5-8,12H2,1H3,(H2,25,26)(H,27,31);1-3,8-11,28H,4-7H2,(H,31,32)(H2,25,26,27). The van der Waals surface area contributed by atoms with Crippen molar-refractivity contribution in [2.75, 3.05) is 36.8 Å². The third kappa shape index (κ3) is 12.8. The van der Waals surface area contributed by atoms with Gasteiger partial charge in [0.25, 0.3) is 5.91 Å². The second-order valence-electron chi connectivity index (χ2n) is 26.2. The van der Waals surface area contributed by atoms with Gasteiger partial charge in [-0.05, 0) is 136 Å². The zero-order valence-electron chi connectivity index (χ0n) is 53.8. The van der Waals surface area contributed by atoms with Gasteiger partial charge in [-0.2, -0.15) is 16.4 Å². The summed E-state index contributed by atoms with van der Waals surface area (Å²) < 4.78 is 48.4. The summed E-state index contributed by atoms with van der Waals surface area (Å²) in [5.41, 5.74) is 29.7. The summed E-state index contributed by atoms with van der Waals surface area (Å²) in [7, 11) is 0. The molecule has 1 aliphatic heterocycles. The Morgan fingerprint density at radius 2 is 1.17 bits per heavy atom. The molecule has 17 rings (SSSR count). The predicted molar refractivity (Wildman–Crippen MR) is 373 cm³/mol. The van der Waals surface area contributed by atoms with E-state index in [1.54, 1.807) is 47.3 Å². The minimum absolute atomic E-state index is 0.0347. The minimum Gasteiger partial charge on any atom is -0.481 e. The average Bonchev–Trinajstić information content (AvgIpc) is 1.61. The van der Waals surface area contributed by atoms with Crippen molar-refractivity contribution in [2.45, 2.75) is 114 Å². The van der Waals surface area contributed by atoms with Crippen LogP contribution in [-0.2, 0) is 9.59 Å². The van der Waals surface area contributed by atoms with Crippen LogP contribution in [0.2, 0.25) is 5.02 Å². The molecule has 23 nitrogen and oxygen atoms in total. The Morgan fingerprint density at radius 3 is 1.76 bits per heavy atom. The summed E-state index contributed by atoms with van der Waals surface area (Å²) in [5.74, 6) is 4.08. The van der Waals surface area contributed by atoms with E-state index < -0.39 is 12.3 Å². The second-order valence-corrected chi connectivity index (χ2v) is 27.3. The van der Waals surface area contributed by atoms with Gasteiger partial charge < -0.3 is 52.2 Å². The van der Waals surface area contributed by atoms with Crippen LogP contribution in [0.3, 0.4) is 0 Å². The molecule has 28 heteroatoms. The lowest BCUT2D eigenvalue weighted by molar-refractivity contribution is -0.274. The van der Waals surface area contributed by atoms with Crippen LogP contribution in [0.25, 0.3) is 83.4 Å². The summed E-state index contributed by atoms with van der Waals surface area (Å²) in [4.78, 5) is 75.0. The third-order valence-corrected chi connectivity index (χ3v) is 20.8. The number of aliphatic carboxylic acids is 1. The number of para-hydroxylation sites is 3. The molecule has 508 valence electrons. The molecule has 0 atom stereocenters. The van der Waals surface area contributed by atoms with E-state index in [9.17, 15) is 32.7 Å². The maximum absolute atomic E-state index is 12.8. The monoisotopic (exact) mass is 1380 g/mol. The number of carboxylic acid groups (broad SMARTS) is 1. The number of likely N-dealkylation sites (tertiary alicyclic amines) is 1. The average molecular weight is 1380 g/mol. The number of alkyl halides is 3. The van der Waals surface area contributed by atoms with E-state index in [4.69, 9.17) is 43.8 Å². The fourth-order valence-electron chi connectivity index (χ4n) is 14.7. The van der Waals surface area contributed by atoms with Gasteiger partial charge >= 0.3 is 12.3 Å². The number of fused-ring (bicyclic) bond motifs is 6. The Balaban J connectivity index is 0.000000121. The lowest BCUT2D eigenvalue weighted by Gasteiger charge is -2.31. The molecule has 4 aliphatic rings. The zero-order valence-corrected chi connectivity index (χ0v) is 55.3. The SMILES string of the molecule is CC(=O)NCC1CCC(c2nc(-c3cc4cccc(Cl)c4[nH]3)c3c(N)nccn23)CC1.Nc1nccn2c(C3CCN(C(=O)c4ccsc4)CC3)nc(-c3cc4cccc(C5CC5)c4[nH]3)c12.Nc1ncnn2c(C3CCC(C(=O)O)CC3)nc(-c3cc4cccc(OC(F)(F)F)c4[nH]3)c12. The quantitative estimate of drug-likeness (QED) is 0.0564. The van der Waals surface area contributed by atoms with Gasteiger partial charge in [-0.1, -0.05) is 54.1 Å². The van der Waals surface area contributed by atoms with Gasteiger partial charge in [0.15, 0.2) is 11.6 Å². The molecule has 2 amide bonds. The van der Waals surface area contributed by atoms with Gasteiger partial charge in [0.1, 0.15) is 69.1 Å². The molecule has 3 aliphatic carbocycles. The molecule has 13 aromatic rings. The largest absolute Gasteiger partial charge is 0.573 e. The number of amides is 2. The second kappa shape index (κ2) is 26.4. The molecule has 0 radical (unpaired) electrons. The number of H-pyrrole nitrogens is 3. The Morgan fingerprint density at radius 1 is 0.646 bits per heavy atom. The summed E-state index contributed by atoms with van der Waals surface area (Å²) in [6, 6.07) is 24.5. The third-order valence-electron chi connectivity index (χ3n) is 19.8. The summed E-state index contributed by atoms with van der Waals surface area (Å²) >= 11 is 7.93. The number of ether oxygens (including phenoxy) is 1. The molecule has 1 saturated heterocycles. The molecular weight excluding hydrogens is 1310 g/mol. The van der Waals surface area contributed by atoms with Gasteiger partial charge in [0.2, 0.25) is 5.91 Å². The number of nitrogens with two attached hydrogens (primary N) is 3. The highest BCUT2D eigenvalue weighted by atomic mass is 35.5. The molecule has 3 saturated carbocycles. The Hall–Kier alpha value is -10.5. The first-order chi connectivity index (χ1) is 47.9. The van der Waals surface area contributed by atoms with Crippen LogP contribution in [0.5, 0.6) is 5.75 Å². The Kier molecular flexibility index (Phi) is 17.2. The number of aromatic nitrogens is 13. The molecule has 3 aromatic carbocycles. The number of carbonyl (C=O) groups excluding carboxylic acids is 2. The van der Waals surface area contributed by atoms with Crippen LogP contribution in [0.15, 0.2) is 121 Å². The highest BCUT2D eigenvalue weighted by molar-refractivity contribution is 7.08. The van der Waals surface area contributed by atoms with E-state index in [1.165, 1.54) is 47.8 Å². The first-order valence-electron chi connectivity index (χ1n) is 33.2. The van der Waals surface area contributed by atoms with E-state index in [2.05, 4.69) is 84.2 Å². The van der Waals surface area contributed by atoms with Gasteiger partial charge in [-0.3, -0.25) is 23.2 Å². The first kappa shape index (κ1) is 64.5. The lowest BCUT2D eigenvalue weighted by Crippen LogP contribution is -2.38. The van der Waals surface area contributed by atoms with Crippen molar-refractivity contribution in [1.29, 1.82) is 0 Å². The fourth-order valence-corrected chi connectivity index (χ4v) is 15.6. The number of nitrogen functional groups attached to an aromatic ring is 3. The van der Waals surface area contributed by atoms with Crippen molar-refractivity contribution in [2.24, 2.45) is 11.8 Å². The van der Waals surface area contributed by atoms with Gasteiger partial charge in [0, 0.05) is 96.2 Å². The van der Waals surface area contributed by atoms with Gasteiger partial charge in [-0.15, -0.1) is 13.2 Å². The summed E-state index contributed by atoms with van der Waals surface area (Å²) in [5, 5.41) is 23.8. The van der Waals surface area contributed by atoms with E-state index in [1.807, 2.05) is 52.3 Å². The number of nitrogens with one attached hydrogen (secondary N) is 4. The van der Waals surface area contributed by atoms with Crippen molar-refractivity contribution in [1.82, 2.24) is 73.5 Å². The highest BCUT2D eigenvalue weighted by Gasteiger charge is 2.36. The first-order valence-corrected chi connectivity index (χ1v) is 34.5. The van der Waals surface area contributed by atoms with Gasteiger partial charge in [-0.25, -0.2) is 34.4 Å². The van der Waals surface area contributed by atoms with Crippen molar-refractivity contribution < 1.29 is 37.4 Å². The van der Waals surface area contributed by atoms with Crippen molar-refractivity contribution in [3.8, 4) is 39.9 Å². The number of thiophene rings is 1. The van der Waals surface area contributed by atoms with Crippen LogP contribution in [0.1, 0.15) is 141 Å². The Labute approximate surface area is 572 Å². The normalized spacial score (nSPS) is 18.4. The molecule has 0 bridgehead atoms. The molecule has 10 aromatic heterocycles. The number of halogens is 4. The number of hydrogen-bond donors (Lipinski definition) is 8. The molecule has 4 fully saturated rings. The van der Waals surface area contributed by atoms with Crippen LogP contribution in [-0.4, -0.2) is 117 Å². The zero-order chi connectivity index (χ0) is 68.4. The van der Waals surface area contributed by atoms with Crippen LogP contribution in [0, 0.1) is 11.8 Å². The number of nitrogens with zero attached hydrogens (tertiary/aromatic N) is 11. The number of benzene rings is 3. The molecule has 0 unspecified atom stereocenters. The predicted octanol–water partition coefficient (Wildman–Crippen LogP) is 14.1. The van der Waals surface area contributed by atoms with E-state index in [-0.39, 0.29) is 46.7 Å². The highest BCUT2D eigenvalue weighted by Crippen LogP contribution is 2.46. The molecule has 0 spiro atoms. The number of rotatable bonds is 12. The number of hydrogen-bond acceptors (Lipinski definition) is 15. The van der Waals surface area contributed by atoms with E-state index >= 15 is 0 Å². The van der Waals surface area contributed by atoms with Gasteiger partial charge in [0.05, 0.1) is 44.6 Å².